The highest BCUT2D eigenvalue weighted by atomic mass is 16.3. The minimum Gasteiger partial charge on any atom is -0.368 e. The standard InChI is InChI=1S/C25H31N9O5/c35-20-12-19(29-25(39)30-20)22(37)31-24(27-16-7-6-15-13-26-32-18(15)11-16)28-17-5-1-2-10-34(23(17)38)14-21(36)33-8-3-4-9-33/h6-7,11-13,17,22,37H,1-5,8-10,14H2,(H,26,32)(H2,27,28,31)(H2,29,30,35,39)/t17-,22?/m0/s1. The Kier molecular flexibility index (Phi) is 7.72. The van der Waals surface area contributed by atoms with Crippen LogP contribution in [0.25, 0.3) is 10.9 Å². The Labute approximate surface area is 222 Å². The monoisotopic (exact) mass is 537 g/mol. The smallest absolute Gasteiger partial charge is 0.326 e. The number of aliphatic imine (C=N–C) groups is 1. The van der Waals surface area contributed by atoms with E-state index in [9.17, 15) is 24.3 Å². The molecule has 2 amide bonds. The molecular formula is C25H31N9O5. The first-order valence-corrected chi connectivity index (χ1v) is 13.0. The van der Waals surface area contributed by atoms with Crippen LogP contribution in [0.5, 0.6) is 0 Å². The van der Waals surface area contributed by atoms with Gasteiger partial charge >= 0.3 is 5.69 Å². The van der Waals surface area contributed by atoms with Crippen LogP contribution >= 0.6 is 0 Å². The summed E-state index contributed by atoms with van der Waals surface area (Å²) in [5.74, 6) is -0.290. The van der Waals surface area contributed by atoms with Gasteiger partial charge in [-0.2, -0.15) is 5.10 Å². The van der Waals surface area contributed by atoms with Crippen LogP contribution in [0.15, 0.2) is 45.0 Å². The van der Waals surface area contributed by atoms with Crippen LogP contribution in [0.1, 0.15) is 44.0 Å². The average molecular weight is 538 g/mol. The summed E-state index contributed by atoms with van der Waals surface area (Å²) in [5.41, 5.74) is -0.176. The molecule has 1 aromatic carbocycles. The molecular weight excluding hydrogens is 506 g/mol. The summed E-state index contributed by atoms with van der Waals surface area (Å²) in [4.78, 5) is 62.1. The Morgan fingerprint density at radius 1 is 1.10 bits per heavy atom. The SMILES string of the molecule is O=C(CN1CCCC[C@H](N=C(Nc2ccc3cn[nH]c3c2)NC(O)c2cc(=O)[nH]c(=O)[nH]2)C1=O)N1CCCC1. The van der Waals surface area contributed by atoms with Gasteiger partial charge in [-0.15, -0.1) is 0 Å². The van der Waals surface area contributed by atoms with Crippen LogP contribution < -0.4 is 21.9 Å². The molecule has 2 fully saturated rings. The zero-order chi connectivity index (χ0) is 27.4. The van der Waals surface area contributed by atoms with E-state index in [2.05, 4.69) is 35.8 Å². The van der Waals surface area contributed by atoms with Gasteiger partial charge in [-0.25, -0.2) is 9.79 Å². The van der Waals surface area contributed by atoms with Crippen molar-refractivity contribution in [2.45, 2.75) is 44.4 Å². The molecule has 2 saturated heterocycles. The lowest BCUT2D eigenvalue weighted by molar-refractivity contribution is -0.140. The number of amides is 2. The average Bonchev–Trinajstić information content (AvgIpc) is 3.58. The maximum absolute atomic E-state index is 13.5. The van der Waals surface area contributed by atoms with Gasteiger partial charge in [0.1, 0.15) is 6.04 Å². The highest BCUT2D eigenvalue weighted by Gasteiger charge is 2.30. The first kappa shape index (κ1) is 26.2. The maximum atomic E-state index is 13.5. The van der Waals surface area contributed by atoms with Crippen LogP contribution in [0, 0.1) is 0 Å². The molecule has 2 aliphatic rings. The molecule has 0 aliphatic carbocycles. The third-order valence-corrected chi connectivity index (χ3v) is 6.88. The first-order chi connectivity index (χ1) is 18.9. The minimum atomic E-state index is -1.52. The number of fused-ring (bicyclic) bond motifs is 1. The maximum Gasteiger partial charge on any atom is 0.326 e. The Morgan fingerprint density at radius 2 is 1.90 bits per heavy atom. The number of hydrogen-bond donors (Lipinski definition) is 6. The van der Waals surface area contributed by atoms with E-state index in [0.717, 1.165) is 42.7 Å². The second-order valence-electron chi connectivity index (χ2n) is 9.72. The topological polar surface area (TPSA) is 192 Å². The molecule has 2 aromatic heterocycles. The number of guanidine groups is 1. The molecule has 4 heterocycles. The van der Waals surface area contributed by atoms with Gasteiger partial charge in [0, 0.05) is 36.8 Å². The number of likely N-dealkylation sites (tertiary alicyclic amines) is 2. The van der Waals surface area contributed by atoms with Crippen LogP contribution in [0.3, 0.4) is 0 Å². The van der Waals surface area contributed by atoms with Crippen molar-refractivity contribution in [1.29, 1.82) is 0 Å². The minimum absolute atomic E-state index is 0.00812. The van der Waals surface area contributed by atoms with Crippen LogP contribution in [0.2, 0.25) is 0 Å². The molecule has 0 radical (unpaired) electrons. The number of H-pyrrole nitrogens is 3. The number of anilines is 1. The normalized spacial score (nSPS) is 19.3. The Balaban J connectivity index is 1.41. The van der Waals surface area contributed by atoms with Gasteiger partial charge in [-0.3, -0.25) is 24.5 Å². The van der Waals surface area contributed by atoms with E-state index >= 15 is 0 Å². The number of nitrogens with zero attached hydrogens (tertiary/aromatic N) is 4. The van der Waals surface area contributed by atoms with Gasteiger partial charge < -0.3 is 30.5 Å². The molecule has 206 valence electrons. The third kappa shape index (κ3) is 6.34. The van der Waals surface area contributed by atoms with E-state index in [4.69, 9.17) is 0 Å². The van der Waals surface area contributed by atoms with Crippen molar-refractivity contribution in [2.75, 3.05) is 31.5 Å². The molecule has 1 unspecified atom stereocenters. The first-order valence-electron chi connectivity index (χ1n) is 13.0. The summed E-state index contributed by atoms with van der Waals surface area (Å²) in [7, 11) is 0. The second-order valence-corrected chi connectivity index (χ2v) is 9.72. The van der Waals surface area contributed by atoms with E-state index < -0.39 is 23.5 Å². The lowest BCUT2D eigenvalue weighted by atomic mass is 10.1. The fourth-order valence-electron chi connectivity index (χ4n) is 4.85. The predicted molar refractivity (Wildman–Crippen MR) is 143 cm³/mol. The lowest BCUT2D eigenvalue weighted by Crippen LogP contribution is -2.45. The molecule has 5 rings (SSSR count). The number of aliphatic hydroxyl groups excluding tert-OH is 1. The van der Waals surface area contributed by atoms with Gasteiger partial charge in [0.25, 0.3) is 5.56 Å². The molecule has 2 atom stereocenters. The van der Waals surface area contributed by atoms with Crippen molar-refractivity contribution < 1.29 is 14.7 Å². The number of aromatic amines is 3. The Morgan fingerprint density at radius 3 is 2.69 bits per heavy atom. The van der Waals surface area contributed by atoms with Crippen molar-refractivity contribution in [3.05, 3.63) is 57.0 Å². The Bertz CT molecular complexity index is 1460. The van der Waals surface area contributed by atoms with Crippen LogP contribution in [0.4, 0.5) is 5.69 Å². The molecule has 0 bridgehead atoms. The van der Waals surface area contributed by atoms with Crippen molar-refractivity contribution in [1.82, 2.24) is 35.3 Å². The van der Waals surface area contributed by atoms with Crippen LogP contribution in [-0.4, -0.2) is 85.1 Å². The van der Waals surface area contributed by atoms with Gasteiger partial charge in [-0.05, 0) is 50.3 Å². The molecule has 14 nitrogen and oxygen atoms in total. The molecule has 0 saturated carbocycles. The lowest BCUT2D eigenvalue weighted by Gasteiger charge is -2.26. The number of hydrogen-bond acceptors (Lipinski definition) is 7. The van der Waals surface area contributed by atoms with E-state index in [1.54, 1.807) is 28.1 Å². The van der Waals surface area contributed by atoms with Crippen molar-refractivity contribution in [2.24, 2.45) is 4.99 Å². The van der Waals surface area contributed by atoms with E-state index in [1.165, 1.54) is 0 Å². The predicted octanol–water partition coefficient (Wildman–Crippen LogP) is -0.00840. The summed E-state index contributed by atoms with van der Waals surface area (Å²) < 4.78 is 0. The summed E-state index contributed by atoms with van der Waals surface area (Å²) in [5, 5.41) is 24.4. The second kappa shape index (κ2) is 11.5. The molecule has 0 spiro atoms. The highest BCUT2D eigenvalue weighted by Crippen LogP contribution is 2.19. The zero-order valence-corrected chi connectivity index (χ0v) is 21.3. The molecule has 2 aliphatic heterocycles. The molecule has 3 aromatic rings. The molecule has 6 N–H and O–H groups in total. The van der Waals surface area contributed by atoms with Gasteiger partial charge in [0.05, 0.1) is 24.0 Å². The Hall–Kier alpha value is -4.46. The fourth-order valence-corrected chi connectivity index (χ4v) is 4.85. The van der Waals surface area contributed by atoms with Crippen LogP contribution in [-0.2, 0) is 9.59 Å². The number of aliphatic hydroxyl groups is 1. The van der Waals surface area contributed by atoms with Crippen molar-refractivity contribution in [3.8, 4) is 0 Å². The van der Waals surface area contributed by atoms with Gasteiger partial charge in [0.2, 0.25) is 11.8 Å². The summed E-state index contributed by atoms with van der Waals surface area (Å²) in [6.07, 6.45) is 4.03. The van der Waals surface area contributed by atoms with E-state index in [-0.39, 0.29) is 30.0 Å². The summed E-state index contributed by atoms with van der Waals surface area (Å²) in [6.45, 7) is 1.90. The summed E-state index contributed by atoms with van der Waals surface area (Å²) in [6, 6.07) is 5.65. The van der Waals surface area contributed by atoms with Crippen molar-refractivity contribution >= 4 is 34.4 Å². The van der Waals surface area contributed by atoms with Gasteiger partial charge in [-0.1, -0.05) is 0 Å². The van der Waals surface area contributed by atoms with E-state index in [0.29, 0.717) is 31.7 Å². The number of rotatable bonds is 6. The zero-order valence-electron chi connectivity index (χ0n) is 21.3. The molecule has 14 heteroatoms. The fraction of sp³-hybridized carbons (Fsp3) is 0.440. The number of benzene rings is 1. The van der Waals surface area contributed by atoms with E-state index in [1.807, 2.05) is 6.07 Å². The number of aromatic nitrogens is 4. The number of nitrogens with one attached hydrogen (secondary N) is 5. The quantitative estimate of drug-likeness (QED) is 0.144. The van der Waals surface area contributed by atoms with Gasteiger partial charge in [0.15, 0.2) is 12.2 Å². The number of carbonyl (C=O) groups is 2. The third-order valence-electron chi connectivity index (χ3n) is 6.88. The molecule has 39 heavy (non-hydrogen) atoms. The number of carbonyl (C=O) groups excluding carboxylic acids is 2. The highest BCUT2D eigenvalue weighted by molar-refractivity contribution is 5.98. The largest absolute Gasteiger partial charge is 0.368 e. The van der Waals surface area contributed by atoms with Crippen molar-refractivity contribution in [3.63, 3.8) is 0 Å². The summed E-state index contributed by atoms with van der Waals surface area (Å²) >= 11 is 0.